The molecule has 1 aliphatic rings. The second kappa shape index (κ2) is 6.15. The SMILES string of the molecule is CCCNc1ncc(Br)c(N(CC(F)(F)F)C2CC2)n1. The molecular weight excluding hydrogens is 337 g/mol. The van der Waals surface area contributed by atoms with Crippen molar-refractivity contribution >= 4 is 27.7 Å². The van der Waals surface area contributed by atoms with E-state index in [2.05, 4.69) is 31.2 Å². The Morgan fingerprint density at radius 1 is 1.45 bits per heavy atom. The van der Waals surface area contributed by atoms with E-state index >= 15 is 0 Å². The monoisotopic (exact) mass is 352 g/mol. The molecule has 1 aromatic rings. The average molecular weight is 353 g/mol. The summed E-state index contributed by atoms with van der Waals surface area (Å²) in [5, 5.41) is 2.99. The standard InChI is InChI=1S/C12H16BrF3N4/c1-2-5-17-11-18-6-9(13)10(19-11)20(8-3-4-8)7-12(14,15)16/h6,8H,2-5,7H2,1H3,(H,17,18,19). The van der Waals surface area contributed by atoms with Crippen molar-refractivity contribution in [1.82, 2.24) is 9.97 Å². The van der Waals surface area contributed by atoms with E-state index in [4.69, 9.17) is 0 Å². The van der Waals surface area contributed by atoms with Crippen LogP contribution in [0.3, 0.4) is 0 Å². The van der Waals surface area contributed by atoms with Crippen LogP contribution in [0.15, 0.2) is 10.7 Å². The lowest BCUT2D eigenvalue weighted by Crippen LogP contribution is -2.37. The zero-order valence-corrected chi connectivity index (χ0v) is 12.6. The van der Waals surface area contributed by atoms with Crippen LogP contribution in [-0.2, 0) is 0 Å². The van der Waals surface area contributed by atoms with Crippen molar-refractivity contribution in [2.24, 2.45) is 0 Å². The van der Waals surface area contributed by atoms with Gasteiger partial charge in [0.15, 0.2) is 0 Å². The molecule has 0 bridgehead atoms. The number of alkyl halides is 3. The smallest absolute Gasteiger partial charge is 0.354 e. The Morgan fingerprint density at radius 3 is 2.70 bits per heavy atom. The molecule has 2 rings (SSSR count). The van der Waals surface area contributed by atoms with Crippen molar-refractivity contribution in [2.45, 2.75) is 38.4 Å². The molecule has 0 unspecified atom stereocenters. The number of nitrogens with zero attached hydrogens (tertiary/aromatic N) is 3. The van der Waals surface area contributed by atoms with E-state index in [1.165, 1.54) is 11.1 Å². The maximum absolute atomic E-state index is 12.7. The molecule has 4 nitrogen and oxygen atoms in total. The van der Waals surface area contributed by atoms with E-state index in [1.54, 1.807) is 0 Å². The summed E-state index contributed by atoms with van der Waals surface area (Å²) in [6.07, 6.45) is -0.325. The molecule has 1 heterocycles. The first-order valence-corrected chi connectivity index (χ1v) is 7.30. The lowest BCUT2D eigenvalue weighted by Gasteiger charge is -2.25. The zero-order chi connectivity index (χ0) is 14.8. The highest BCUT2D eigenvalue weighted by Crippen LogP contribution is 2.36. The minimum Gasteiger partial charge on any atom is -0.354 e. The van der Waals surface area contributed by atoms with Crippen LogP contribution in [0, 0.1) is 0 Å². The first kappa shape index (κ1) is 15.3. The molecule has 1 aromatic heterocycles. The summed E-state index contributed by atoms with van der Waals surface area (Å²) in [7, 11) is 0. The van der Waals surface area contributed by atoms with E-state index < -0.39 is 12.7 Å². The third-order valence-corrected chi connectivity index (χ3v) is 3.43. The van der Waals surface area contributed by atoms with Gasteiger partial charge >= 0.3 is 6.18 Å². The van der Waals surface area contributed by atoms with Gasteiger partial charge in [-0.1, -0.05) is 6.92 Å². The highest BCUT2D eigenvalue weighted by atomic mass is 79.9. The van der Waals surface area contributed by atoms with Gasteiger partial charge in [0.05, 0.1) is 4.47 Å². The van der Waals surface area contributed by atoms with Gasteiger partial charge in [0, 0.05) is 18.8 Å². The summed E-state index contributed by atoms with van der Waals surface area (Å²) in [6, 6.07) is -0.0816. The van der Waals surface area contributed by atoms with E-state index in [1.807, 2.05) is 6.92 Å². The molecule has 20 heavy (non-hydrogen) atoms. The normalized spacial score (nSPS) is 15.2. The summed E-state index contributed by atoms with van der Waals surface area (Å²) >= 11 is 3.24. The van der Waals surface area contributed by atoms with Gasteiger partial charge in [0.25, 0.3) is 0 Å². The molecule has 0 amide bonds. The Balaban J connectivity index is 2.22. The Labute approximate surface area is 123 Å². The molecule has 0 radical (unpaired) electrons. The molecule has 1 aliphatic carbocycles. The molecule has 0 aromatic carbocycles. The highest BCUT2D eigenvalue weighted by Gasteiger charge is 2.39. The summed E-state index contributed by atoms with van der Waals surface area (Å²) < 4.78 is 38.6. The molecule has 0 spiro atoms. The number of rotatable bonds is 6. The van der Waals surface area contributed by atoms with E-state index in [0.717, 1.165) is 19.3 Å². The van der Waals surface area contributed by atoms with Crippen LogP contribution in [0.1, 0.15) is 26.2 Å². The van der Waals surface area contributed by atoms with Crippen LogP contribution in [0.25, 0.3) is 0 Å². The van der Waals surface area contributed by atoms with Gasteiger partial charge in [-0.25, -0.2) is 4.98 Å². The second-order valence-electron chi connectivity index (χ2n) is 4.77. The maximum Gasteiger partial charge on any atom is 0.405 e. The molecule has 1 fully saturated rings. The third kappa shape index (κ3) is 4.22. The fourth-order valence-corrected chi connectivity index (χ4v) is 2.26. The minimum absolute atomic E-state index is 0.0816. The van der Waals surface area contributed by atoms with Gasteiger partial charge in [-0.15, -0.1) is 0 Å². The lowest BCUT2D eigenvalue weighted by molar-refractivity contribution is -0.120. The van der Waals surface area contributed by atoms with Gasteiger partial charge in [0.2, 0.25) is 5.95 Å². The number of anilines is 2. The number of aromatic nitrogens is 2. The molecule has 1 N–H and O–H groups in total. The van der Waals surface area contributed by atoms with Gasteiger partial charge < -0.3 is 10.2 Å². The maximum atomic E-state index is 12.7. The van der Waals surface area contributed by atoms with Crippen molar-refractivity contribution in [3.63, 3.8) is 0 Å². The van der Waals surface area contributed by atoms with Crippen LogP contribution >= 0.6 is 15.9 Å². The van der Waals surface area contributed by atoms with Crippen LogP contribution < -0.4 is 10.2 Å². The number of nitrogens with one attached hydrogen (secondary N) is 1. The highest BCUT2D eigenvalue weighted by molar-refractivity contribution is 9.10. The Morgan fingerprint density at radius 2 is 2.15 bits per heavy atom. The first-order chi connectivity index (χ1) is 9.40. The lowest BCUT2D eigenvalue weighted by atomic mass is 10.4. The predicted octanol–water partition coefficient (Wildman–Crippen LogP) is 3.59. The van der Waals surface area contributed by atoms with Crippen molar-refractivity contribution in [3.05, 3.63) is 10.7 Å². The van der Waals surface area contributed by atoms with Crippen LogP contribution in [0.2, 0.25) is 0 Å². The fourth-order valence-electron chi connectivity index (χ4n) is 1.84. The van der Waals surface area contributed by atoms with Crippen LogP contribution in [0.5, 0.6) is 0 Å². The second-order valence-corrected chi connectivity index (χ2v) is 5.62. The number of halogens is 4. The van der Waals surface area contributed by atoms with E-state index in [-0.39, 0.29) is 6.04 Å². The zero-order valence-electron chi connectivity index (χ0n) is 11.0. The number of hydrogen-bond donors (Lipinski definition) is 1. The van der Waals surface area contributed by atoms with E-state index in [0.29, 0.717) is 22.8 Å². The molecule has 8 heteroatoms. The quantitative estimate of drug-likeness (QED) is 0.849. The Bertz CT molecular complexity index is 463. The van der Waals surface area contributed by atoms with Crippen molar-refractivity contribution < 1.29 is 13.2 Å². The topological polar surface area (TPSA) is 41.1 Å². The van der Waals surface area contributed by atoms with Crippen LogP contribution in [-0.4, -0.2) is 35.3 Å². The van der Waals surface area contributed by atoms with Gasteiger partial charge in [0.1, 0.15) is 12.4 Å². The van der Waals surface area contributed by atoms with Gasteiger partial charge in [-0.05, 0) is 35.2 Å². The summed E-state index contributed by atoms with van der Waals surface area (Å²) in [6.45, 7) is 1.69. The Hall–Kier alpha value is -1.05. The minimum atomic E-state index is -4.25. The molecule has 1 saturated carbocycles. The van der Waals surface area contributed by atoms with Gasteiger partial charge in [-0.2, -0.15) is 18.2 Å². The Kier molecular flexibility index (Phi) is 4.72. The van der Waals surface area contributed by atoms with E-state index in [9.17, 15) is 13.2 Å². The molecule has 0 saturated heterocycles. The summed E-state index contributed by atoms with van der Waals surface area (Å²) in [5.41, 5.74) is 0. The molecule has 112 valence electrons. The van der Waals surface area contributed by atoms with Crippen LogP contribution in [0.4, 0.5) is 24.9 Å². The number of hydrogen-bond acceptors (Lipinski definition) is 4. The molecular formula is C12H16BrF3N4. The van der Waals surface area contributed by atoms with Crippen molar-refractivity contribution in [1.29, 1.82) is 0 Å². The molecule has 0 aliphatic heterocycles. The summed E-state index contributed by atoms with van der Waals surface area (Å²) in [4.78, 5) is 9.58. The fraction of sp³-hybridized carbons (Fsp3) is 0.667. The van der Waals surface area contributed by atoms with Gasteiger partial charge in [-0.3, -0.25) is 0 Å². The largest absolute Gasteiger partial charge is 0.405 e. The average Bonchev–Trinajstić information content (AvgIpc) is 3.18. The summed E-state index contributed by atoms with van der Waals surface area (Å²) in [5.74, 6) is 0.663. The molecule has 0 atom stereocenters. The first-order valence-electron chi connectivity index (χ1n) is 6.50. The predicted molar refractivity (Wildman–Crippen MR) is 74.9 cm³/mol. The third-order valence-electron chi connectivity index (χ3n) is 2.87. The van der Waals surface area contributed by atoms with Crippen molar-refractivity contribution in [2.75, 3.05) is 23.3 Å². The van der Waals surface area contributed by atoms with Crippen molar-refractivity contribution in [3.8, 4) is 0 Å².